The van der Waals surface area contributed by atoms with Crippen molar-refractivity contribution in [2.75, 3.05) is 13.2 Å². The highest BCUT2D eigenvalue weighted by Crippen LogP contribution is 2.11. The van der Waals surface area contributed by atoms with E-state index in [2.05, 4.69) is 27.7 Å². The quantitative estimate of drug-likeness (QED) is 0.451. The van der Waals surface area contributed by atoms with E-state index < -0.39 is 0 Å². The van der Waals surface area contributed by atoms with Crippen molar-refractivity contribution in [2.45, 2.75) is 72.6 Å². The molecule has 0 heterocycles. The van der Waals surface area contributed by atoms with Gasteiger partial charge in [0.2, 0.25) is 0 Å². The van der Waals surface area contributed by atoms with Crippen LogP contribution in [0.3, 0.4) is 0 Å². The van der Waals surface area contributed by atoms with Gasteiger partial charge in [0.15, 0.2) is 0 Å². The zero-order chi connectivity index (χ0) is 12.2. The van der Waals surface area contributed by atoms with Crippen LogP contribution in [0, 0.1) is 11.8 Å². The summed E-state index contributed by atoms with van der Waals surface area (Å²) >= 11 is 0. The lowest BCUT2D eigenvalue weighted by atomic mass is 10.0. The Morgan fingerprint density at radius 1 is 0.875 bits per heavy atom. The molecule has 0 aromatic carbocycles. The Bertz CT molecular complexity index is 113. The van der Waals surface area contributed by atoms with Gasteiger partial charge in [-0.1, -0.05) is 47.0 Å². The molecule has 0 saturated carbocycles. The van der Waals surface area contributed by atoms with Crippen molar-refractivity contribution in [3.63, 3.8) is 0 Å². The summed E-state index contributed by atoms with van der Waals surface area (Å²) in [5.41, 5.74) is 0. The summed E-state index contributed by atoms with van der Waals surface area (Å²) in [4.78, 5) is 0. The van der Waals surface area contributed by atoms with Crippen LogP contribution >= 0.6 is 0 Å². The first-order valence-corrected chi connectivity index (χ1v) is 6.99. The standard InChI is InChI=1S/C15H31O/c1-14(2)10-7-5-6-8-12-16-13-9-11-15(3)4/h15H,5-13H2,1-4H3. The van der Waals surface area contributed by atoms with Gasteiger partial charge >= 0.3 is 0 Å². The molecule has 1 nitrogen and oxygen atoms in total. The monoisotopic (exact) mass is 227 g/mol. The fourth-order valence-electron chi connectivity index (χ4n) is 1.73. The number of unbranched alkanes of at least 4 members (excludes halogenated alkanes) is 3. The van der Waals surface area contributed by atoms with E-state index in [-0.39, 0.29) is 0 Å². The van der Waals surface area contributed by atoms with Crippen LogP contribution in [-0.2, 0) is 4.74 Å². The highest BCUT2D eigenvalue weighted by atomic mass is 16.5. The number of hydrogen-bond donors (Lipinski definition) is 0. The molecule has 0 amide bonds. The van der Waals surface area contributed by atoms with Gasteiger partial charge in [-0.05, 0) is 37.5 Å². The van der Waals surface area contributed by atoms with Crippen LogP contribution in [0.15, 0.2) is 0 Å². The summed E-state index contributed by atoms with van der Waals surface area (Å²) in [6, 6.07) is 0. The molecule has 0 unspecified atom stereocenters. The molecule has 0 aliphatic heterocycles. The van der Waals surface area contributed by atoms with Gasteiger partial charge in [-0.2, -0.15) is 0 Å². The maximum atomic E-state index is 5.61. The second-order valence-corrected chi connectivity index (χ2v) is 5.52. The van der Waals surface area contributed by atoms with Crippen LogP contribution in [0.5, 0.6) is 0 Å². The predicted octanol–water partition coefficient (Wildman–Crippen LogP) is 5.00. The molecular formula is C15H31O. The maximum Gasteiger partial charge on any atom is 0.0466 e. The molecule has 97 valence electrons. The Hall–Kier alpha value is -0.0400. The van der Waals surface area contributed by atoms with Crippen molar-refractivity contribution >= 4 is 0 Å². The zero-order valence-electron chi connectivity index (χ0n) is 11.8. The van der Waals surface area contributed by atoms with E-state index in [4.69, 9.17) is 4.74 Å². The summed E-state index contributed by atoms with van der Waals surface area (Å²) < 4.78 is 5.61. The van der Waals surface area contributed by atoms with Crippen molar-refractivity contribution in [1.29, 1.82) is 0 Å². The summed E-state index contributed by atoms with van der Waals surface area (Å²) in [6.07, 6.45) is 9.11. The molecule has 0 N–H and O–H groups in total. The Kier molecular flexibility index (Phi) is 11.4. The van der Waals surface area contributed by atoms with Crippen LogP contribution in [-0.4, -0.2) is 13.2 Å². The van der Waals surface area contributed by atoms with Crippen molar-refractivity contribution in [1.82, 2.24) is 0 Å². The Balaban J connectivity index is 2.93. The molecule has 1 radical (unpaired) electrons. The normalized spacial score (nSPS) is 11.6. The first kappa shape index (κ1) is 16.0. The molecule has 0 aliphatic carbocycles. The minimum Gasteiger partial charge on any atom is -0.381 e. The number of rotatable bonds is 11. The second kappa shape index (κ2) is 11.4. The largest absolute Gasteiger partial charge is 0.381 e. The van der Waals surface area contributed by atoms with Gasteiger partial charge < -0.3 is 4.74 Å². The molecule has 0 aliphatic rings. The average molecular weight is 227 g/mol. The molecule has 0 aromatic heterocycles. The van der Waals surface area contributed by atoms with Crippen molar-refractivity contribution in [3.05, 3.63) is 5.92 Å². The van der Waals surface area contributed by atoms with E-state index >= 15 is 0 Å². The maximum absolute atomic E-state index is 5.61. The Morgan fingerprint density at radius 3 is 2.12 bits per heavy atom. The molecule has 0 spiro atoms. The molecule has 16 heavy (non-hydrogen) atoms. The Morgan fingerprint density at radius 2 is 1.50 bits per heavy atom. The van der Waals surface area contributed by atoms with Crippen molar-refractivity contribution in [2.24, 2.45) is 5.92 Å². The SMILES string of the molecule is C[C](C)CCCCCCOCCCC(C)C. The third-order valence-electron chi connectivity index (χ3n) is 2.79. The molecule has 0 rings (SSSR count). The van der Waals surface area contributed by atoms with Gasteiger partial charge in [-0.3, -0.25) is 0 Å². The minimum atomic E-state index is 0.817. The number of hydrogen-bond acceptors (Lipinski definition) is 1. The lowest BCUT2D eigenvalue weighted by Crippen LogP contribution is -1.99. The third kappa shape index (κ3) is 14.0. The molecule has 0 fully saturated rings. The summed E-state index contributed by atoms with van der Waals surface area (Å²) in [6.45, 7) is 10.9. The third-order valence-corrected chi connectivity index (χ3v) is 2.79. The highest BCUT2D eigenvalue weighted by Gasteiger charge is 1.96. The fraction of sp³-hybridized carbons (Fsp3) is 0.933. The van der Waals surface area contributed by atoms with Crippen LogP contribution in [0.25, 0.3) is 0 Å². The van der Waals surface area contributed by atoms with Crippen LogP contribution in [0.1, 0.15) is 72.6 Å². The van der Waals surface area contributed by atoms with E-state index in [1.807, 2.05) is 0 Å². The molecule has 0 saturated heterocycles. The smallest absolute Gasteiger partial charge is 0.0466 e. The molecular weight excluding hydrogens is 196 g/mol. The van der Waals surface area contributed by atoms with Gasteiger partial charge in [0, 0.05) is 13.2 Å². The van der Waals surface area contributed by atoms with Crippen LogP contribution in [0.2, 0.25) is 0 Å². The Labute approximate surface area is 103 Å². The van der Waals surface area contributed by atoms with E-state index in [0.717, 1.165) is 19.1 Å². The minimum absolute atomic E-state index is 0.817. The topological polar surface area (TPSA) is 9.23 Å². The summed E-state index contributed by atoms with van der Waals surface area (Å²) in [5.74, 6) is 2.38. The lowest BCUT2D eigenvalue weighted by molar-refractivity contribution is 0.124. The van der Waals surface area contributed by atoms with Gasteiger partial charge in [0.1, 0.15) is 0 Å². The molecule has 1 heteroatoms. The van der Waals surface area contributed by atoms with E-state index in [0.29, 0.717) is 0 Å². The number of ether oxygens (including phenoxy) is 1. The summed E-state index contributed by atoms with van der Waals surface area (Å²) in [5, 5.41) is 0. The van der Waals surface area contributed by atoms with Gasteiger partial charge in [0.25, 0.3) is 0 Å². The molecule has 0 atom stereocenters. The highest BCUT2D eigenvalue weighted by molar-refractivity contribution is 4.75. The van der Waals surface area contributed by atoms with Crippen LogP contribution < -0.4 is 0 Å². The molecule has 0 bridgehead atoms. The fourth-order valence-corrected chi connectivity index (χ4v) is 1.73. The lowest BCUT2D eigenvalue weighted by Gasteiger charge is -2.06. The van der Waals surface area contributed by atoms with E-state index in [1.54, 1.807) is 5.92 Å². The second-order valence-electron chi connectivity index (χ2n) is 5.52. The van der Waals surface area contributed by atoms with E-state index in [1.165, 1.54) is 44.9 Å². The average Bonchev–Trinajstić information content (AvgIpc) is 2.20. The first-order chi connectivity index (χ1) is 7.63. The predicted molar refractivity (Wildman–Crippen MR) is 72.6 cm³/mol. The molecule has 0 aromatic rings. The zero-order valence-corrected chi connectivity index (χ0v) is 11.8. The van der Waals surface area contributed by atoms with E-state index in [9.17, 15) is 0 Å². The van der Waals surface area contributed by atoms with Gasteiger partial charge in [0.05, 0.1) is 0 Å². The van der Waals surface area contributed by atoms with Gasteiger partial charge in [-0.25, -0.2) is 0 Å². The van der Waals surface area contributed by atoms with Crippen molar-refractivity contribution in [3.8, 4) is 0 Å². The van der Waals surface area contributed by atoms with Crippen LogP contribution in [0.4, 0.5) is 0 Å². The summed E-state index contributed by atoms with van der Waals surface area (Å²) in [7, 11) is 0. The first-order valence-electron chi connectivity index (χ1n) is 6.99. The van der Waals surface area contributed by atoms with Gasteiger partial charge in [-0.15, -0.1) is 0 Å². The van der Waals surface area contributed by atoms with Crippen molar-refractivity contribution < 1.29 is 4.74 Å².